The number of aryl methyl sites for hydroxylation is 1. The maximum Gasteiger partial charge on any atom is 0.500 e. The van der Waals surface area contributed by atoms with E-state index in [9.17, 15) is 0 Å². The zero-order valence-electron chi connectivity index (χ0n) is 16.3. The van der Waals surface area contributed by atoms with Gasteiger partial charge in [0.1, 0.15) is 5.82 Å². The van der Waals surface area contributed by atoms with Gasteiger partial charge in [-0.2, -0.15) is 0 Å². The number of rotatable bonds is 15. The Balaban J connectivity index is 1.89. The van der Waals surface area contributed by atoms with Gasteiger partial charge in [0.2, 0.25) is 0 Å². The van der Waals surface area contributed by atoms with Gasteiger partial charge in [-0.05, 0) is 67.3 Å². The fourth-order valence-electron chi connectivity index (χ4n) is 3.12. The topological polar surface area (TPSA) is 137 Å². The molecule has 2 N–H and O–H groups in total. The van der Waals surface area contributed by atoms with Gasteiger partial charge in [0.05, 0.1) is 0 Å². The van der Waals surface area contributed by atoms with E-state index in [1.165, 1.54) is 0 Å². The van der Waals surface area contributed by atoms with Gasteiger partial charge in [-0.15, -0.1) is 10.2 Å². The first-order valence-electron chi connectivity index (χ1n) is 9.61. The molecule has 0 aliphatic rings. The molecule has 152 valence electrons. The van der Waals surface area contributed by atoms with Crippen molar-refractivity contribution >= 4 is 8.80 Å². The smallest absolute Gasteiger partial charge is 0.374 e. The van der Waals surface area contributed by atoms with Crippen LogP contribution >= 0.6 is 0 Å². The maximum atomic E-state index is 5.93. The Morgan fingerprint density at radius 2 is 1.48 bits per heavy atom. The molecule has 27 heavy (non-hydrogen) atoms. The second kappa shape index (κ2) is 11.8. The number of hydrogen-bond donors (Lipinski definition) is 2. The van der Waals surface area contributed by atoms with E-state index in [0.29, 0.717) is 19.8 Å². The molecule has 2 heterocycles. The Bertz CT molecular complexity index is 581. The first kappa shape index (κ1) is 21.5. The van der Waals surface area contributed by atoms with Crippen LogP contribution in [0.3, 0.4) is 0 Å². The SMILES string of the molecule is CCO[Si](CCCC(CCCc1nnn[nH]1)c1nnn[nH]1)(OCC)OCC. The van der Waals surface area contributed by atoms with Crippen LogP contribution in [0.25, 0.3) is 0 Å². The molecule has 1 unspecified atom stereocenters. The van der Waals surface area contributed by atoms with Crippen molar-refractivity contribution in [1.29, 1.82) is 0 Å². The number of aromatic nitrogens is 8. The number of tetrazole rings is 2. The van der Waals surface area contributed by atoms with E-state index < -0.39 is 8.80 Å². The molecular weight excluding hydrogens is 368 g/mol. The lowest BCUT2D eigenvalue weighted by atomic mass is 9.96. The molecule has 12 heteroatoms. The largest absolute Gasteiger partial charge is 0.500 e. The summed E-state index contributed by atoms with van der Waals surface area (Å²) >= 11 is 0. The van der Waals surface area contributed by atoms with Crippen LogP contribution < -0.4 is 0 Å². The van der Waals surface area contributed by atoms with E-state index >= 15 is 0 Å². The average Bonchev–Trinajstić information content (AvgIpc) is 3.35. The Kier molecular flexibility index (Phi) is 9.45. The van der Waals surface area contributed by atoms with Gasteiger partial charge in [-0.1, -0.05) is 0 Å². The molecule has 2 aromatic rings. The zero-order valence-corrected chi connectivity index (χ0v) is 17.3. The van der Waals surface area contributed by atoms with E-state index in [1.807, 2.05) is 20.8 Å². The molecule has 2 aromatic heterocycles. The lowest BCUT2D eigenvalue weighted by Gasteiger charge is -2.28. The number of aromatic amines is 2. The van der Waals surface area contributed by atoms with Crippen molar-refractivity contribution in [2.45, 2.75) is 64.8 Å². The van der Waals surface area contributed by atoms with Crippen molar-refractivity contribution in [3.8, 4) is 0 Å². The highest BCUT2D eigenvalue weighted by Gasteiger charge is 2.39. The molecule has 0 aliphatic heterocycles. The quantitative estimate of drug-likeness (QED) is 0.429. The van der Waals surface area contributed by atoms with Crippen LogP contribution in [-0.4, -0.2) is 69.9 Å². The van der Waals surface area contributed by atoms with E-state index in [-0.39, 0.29) is 5.92 Å². The van der Waals surface area contributed by atoms with Crippen molar-refractivity contribution in [2.24, 2.45) is 0 Å². The van der Waals surface area contributed by atoms with Crippen molar-refractivity contribution in [2.75, 3.05) is 19.8 Å². The van der Waals surface area contributed by atoms with Gasteiger partial charge in [0.15, 0.2) is 5.82 Å². The fourth-order valence-corrected chi connectivity index (χ4v) is 5.76. The third-order valence-corrected chi connectivity index (χ3v) is 7.38. The number of nitrogens with zero attached hydrogens (tertiary/aromatic N) is 6. The summed E-state index contributed by atoms with van der Waals surface area (Å²) in [6.45, 7) is 7.69. The third kappa shape index (κ3) is 7.05. The summed E-state index contributed by atoms with van der Waals surface area (Å²) in [7, 11) is -2.62. The molecule has 2 rings (SSSR count). The molecule has 0 fully saturated rings. The molecule has 0 radical (unpaired) electrons. The maximum absolute atomic E-state index is 5.93. The van der Waals surface area contributed by atoms with E-state index in [1.54, 1.807) is 0 Å². The first-order valence-corrected chi connectivity index (χ1v) is 11.5. The van der Waals surface area contributed by atoms with Gasteiger partial charge in [-0.3, -0.25) is 0 Å². The van der Waals surface area contributed by atoms with Gasteiger partial charge in [0.25, 0.3) is 0 Å². The monoisotopic (exact) mass is 398 g/mol. The second-order valence-corrected chi connectivity index (χ2v) is 8.83. The summed E-state index contributed by atoms with van der Waals surface area (Å²) < 4.78 is 17.8. The minimum absolute atomic E-state index is 0.229. The molecule has 0 aliphatic carbocycles. The molecule has 0 bridgehead atoms. The standard InChI is InChI=1S/C15H30N8O3Si/c1-4-24-27(25-5-2,26-6-3)12-8-10-13(15-18-22-23-19-15)9-7-11-14-16-20-21-17-14/h13H,4-12H2,1-3H3,(H,16,17,20,21)(H,18,19,22,23). The Morgan fingerprint density at radius 3 is 2.04 bits per heavy atom. The average molecular weight is 399 g/mol. The Hall–Kier alpha value is -1.76. The van der Waals surface area contributed by atoms with Crippen LogP contribution in [0.5, 0.6) is 0 Å². The van der Waals surface area contributed by atoms with Crippen molar-refractivity contribution < 1.29 is 13.3 Å². The molecule has 11 nitrogen and oxygen atoms in total. The van der Waals surface area contributed by atoms with E-state index in [2.05, 4.69) is 41.2 Å². The molecule has 0 amide bonds. The summed E-state index contributed by atoms with van der Waals surface area (Å²) in [5, 5.41) is 28.4. The number of nitrogens with one attached hydrogen (secondary N) is 2. The van der Waals surface area contributed by atoms with Crippen LogP contribution in [0.15, 0.2) is 0 Å². The predicted molar refractivity (Wildman–Crippen MR) is 98.7 cm³/mol. The van der Waals surface area contributed by atoms with Crippen LogP contribution in [-0.2, 0) is 19.7 Å². The van der Waals surface area contributed by atoms with Crippen LogP contribution in [0.4, 0.5) is 0 Å². The Labute approximate surface area is 160 Å². The van der Waals surface area contributed by atoms with Crippen molar-refractivity contribution in [3.05, 3.63) is 11.6 Å². The molecule has 0 saturated heterocycles. The van der Waals surface area contributed by atoms with E-state index in [4.69, 9.17) is 13.3 Å². The van der Waals surface area contributed by atoms with Gasteiger partial charge < -0.3 is 13.3 Å². The lowest BCUT2D eigenvalue weighted by Crippen LogP contribution is -2.45. The van der Waals surface area contributed by atoms with Gasteiger partial charge in [0, 0.05) is 38.2 Å². The Morgan fingerprint density at radius 1 is 0.852 bits per heavy atom. The molecular formula is C15H30N8O3Si. The highest BCUT2D eigenvalue weighted by atomic mass is 28.4. The normalized spacial score (nSPS) is 13.1. The first-order chi connectivity index (χ1) is 13.2. The number of hydrogen-bond acceptors (Lipinski definition) is 9. The highest BCUT2D eigenvalue weighted by molar-refractivity contribution is 6.60. The van der Waals surface area contributed by atoms with Gasteiger partial charge in [-0.25, -0.2) is 10.2 Å². The summed E-state index contributed by atoms with van der Waals surface area (Å²) in [5.41, 5.74) is 0. The van der Waals surface area contributed by atoms with Crippen molar-refractivity contribution in [3.63, 3.8) is 0 Å². The summed E-state index contributed by atoms with van der Waals surface area (Å²) in [6.07, 6.45) is 4.51. The van der Waals surface area contributed by atoms with Crippen molar-refractivity contribution in [1.82, 2.24) is 41.2 Å². The predicted octanol–water partition coefficient (Wildman–Crippen LogP) is 1.65. The highest BCUT2D eigenvalue weighted by Crippen LogP contribution is 2.27. The second-order valence-electron chi connectivity index (χ2n) is 6.10. The summed E-state index contributed by atoms with van der Waals surface area (Å²) in [4.78, 5) is 0. The molecule has 0 saturated carbocycles. The number of H-pyrrole nitrogens is 2. The molecule has 0 aromatic carbocycles. The minimum atomic E-state index is -2.62. The third-order valence-electron chi connectivity index (χ3n) is 4.23. The van der Waals surface area contributed by atoms with Crippen LogP contribution in [0.2, 0.25) is 6.04 Å². The summed E-state index contributed by atoms with van der Waals surface area (Å²) in [6, 6.07) is 0.784. The van der Waals surface area contributed by atoms with Crippen LogP contribution in [0, 0.1) is 0 Å². The zero-order chi connectivity index (χ0) is 19.4. The molecule has 0 spiro atoms. The van der Waals surface area contributed by atoms with E-state index in [0.717, 1.165) is 49.8 Å². The van der Waals surface area contributed by atoms with Crippen LogP contribution in [0.1, 0.15) is 64.0 Å². The summed E-state index contributed by atoms with van der Waals surface area (Å²) in [5.74, 6) is 1.83. The lowest BCUT2D eigenvalue weighted by molar-refractivity contribution is 0.0705. The minimum Gasteiger partial charge on any atom is -0.374 e. The molecule has 1 atom stereocenters. The van der Waals surface area contributed by atoms with Gasteiger partial charge >= 0.3 is 8.80 Å². The fraction of sp³-hybridized carbons (Fsp3) is 0.867.